The summed E-state index contributed by atoms with van der Waals surface area (Å²) in [7, 11) is 0. The Hall–Kier alpha value is -1.35. The second kappa shape index (κ2) is 6.20. The second-order valence-electron chi connectivity index (χ2n) is 2.79. The number of allylic oxidation sites excluding steroid dienone is 4. The fraction of sp³-hybridized carbons (Fsp3) is 0.300. The normalized spacial score (nSPS) is 11.8. The molecule has 0 aromatic carbocycles. The van der Waals surface area contributed by atoms with E-state index < -0.39 is 0 Å². The number of hydrogen-bond donors (Lipinski definition) is 2. The molecule has 0 bridgehead atoms. The van der Waals surface area contributed by atoms with E-state index in [9.17, 15) is 0 Å². The molecule has 0 amide bonds. The molecule has 0 heterocycles. The van der Waals surface area contributed by atoms with Gasteiger partial charge in [-0.2, -0.15) is 5.10 Å². The van der Waals surface area contributed by atoms with Crippen LogP contribution in [0.5, 0.6) is 0 Å². The van der Waals surface area contributed by atoms with E-state index in [1.54, 1.807) is 6.08 Å². The Morgan fingerprint density at radius 3 is 2.38 bits per heavy atom. The Bertz CT molecular complexity index is 255. The summed E-state index contributed by atoms with van der Waals surface area (Å²) in [5.74, 6) is 5.21. The molecule has 0 aromatic heterocycles. The van der Waals surface area contributed by atoms with Crippen LogP contribution in [0, 0.1) is 0 Å². The van der Waals surface area contributed by atoms with Crippen LogP contribution in [0.2, 0.25) is 0 Å². The van der Waals surface area contributed by atoms with Gasteiger partial charge in [0.15, 0.2) is 0 Å². The van der Waals surface area contributed by atoms with Crippen molar-refractivity contribution in [2.75, 3.05) is 6.54 Å². The third kappa shape index (κ3) is 3.71. The van der Waals surface area contributed by atoms with Crippen molar-refractivity contribution in [1.29, 1.82) is 0 Å². The van der Waals surface area contributed by atoms with E-state index in [0.29, 0.717) is 12.3 Å². The van der Waals surface area contributed by atoms with Crippen LogP contribution in [0.4, 0.5) is 0 Å². The van der Waals surface area contributed by atoms with Gasteiger partial charge in [-0.15, -0.1) is 0 Å². The molecular weight excluding hydrogens is 162 g/mol. The summed E-state index contributed by atoms with van der Waals surface area (Å²) < 4.78 is 0. The number of hydrogen-bond acceptors (Lipinski definition) is 3. The first kappa shape index (κ1) is 11.6. The summed E-state index contributed by atoms with van der Waals surface area (Å²) in [6.45, 7) is 7.92. The first-order chi connectivity index (χ1) is 6.17. The predicted octanol–water partition coefficient (Wildman–Crippen LogP) is 1.34. The van der Waals surface area contributed by atoms with E-state index in [0.717, 1.165) is 11.1 Å². The molecule has 0 aromatic rings. The number of nitrogens with zero attached hydrogens (tertiary/aromatic N) is 1. The molecule has 0 fully saturated rings. The third-order valence-electron chi connectivity index (χ3n) is 1.60. The number of rotatable bonds is 4. The Balaban J connectivity index is 4.94. The highest BCUT2D eigenvalue weighted by Crippen LogP contribution is 2.07. The lowest BCUT2D eigenvalue weighted by atomic mass is 10.1. The second-order valence-corrected chi connectivity index (χ2v) is 2.79. The maximum Gasteiger partial charge on any atom is 0.0807 e. The molecule has 0 spiro atoms. The predicted molar refractivity (Wildman–Crippen MR) is 58.4 cm³/mol. The van der Waals surface area contributed by atoms with E-state index in [-0.39, 0.29) is 0 Å². The van der Waals surface area contributed by atoms with Crippen LogP contribution < -0.4 is 11.6 Å². The average molecular weight is 179 g/mol. The van der Waals surface area contributed by atoms with E-state index in [2.05, 4.69) is 11.7 Å². The SMILES string of the molecule is C=C/C=C\C(=C(C)C)/C(CN)=N\N. The summed E-state index contributed by atoms with van der Waals surface area (Å²) in [5, 5.41) is 3.63. The van der Waals surface area contributed by atoms with Gasteiger partial charge in [-0.1, -0.05) is 30.4 Å². The van der Waals surface area contributed by atoms with Crippen molar-refractivity contribution in [2.45, 2.75) is 13.8 Å². The van der Waals surface area contributed by atoms with Gasteiger partial charge in [0.05, 0.1) is 5.71 Å². The first-order valence-electron chi connectivity index (χ1n) is 4.11. The molecule has 0 aliphatic carbocycles. The molecule has 13 heavy (non-hydrogen) atoms. The van der Waals surface area contributed by atoms with Gasteiger partial charge in [0.1, 0.15) is 0 Å². The highest BCUT2D eigenvalue weighted by Gasteiger charge is 2.02. The maximum absolute atomic E-state index is 5.49. The first-order valence-corrected chi connectivity index (χ1v) is 4.11. The zero-order valence-electron chi connectivity index (χ0n) is 8.25. The zero-order chi connectivity index (χ0) is 10.3. The molecule has 0 saturated carbocycles. The lowest BCUT2D eigenvalue weighted by Gasteiger charge is -2.05. The van der Waals surface area contributed by atoms with E-state index in [4.69, 9.17) is 11.6 Å². The molecule has 0 aliphatic heterocycles. The summed E-state index contributed by atoms with van der Waals surface area (Å²) >= 11 is 0. The van der Waals surface area contributed by atoms with Gasteiger partial charge >= 0.3 is 0 Å². The number of nitrogens with two attached hydrogens (primary N) is 2. The topological polar surface area (TPSA) is 64.4 Å². The van der Waals surface area contributed by atoms with Crippen molar-refractivity contribution in [1.82, 2.24) is 0 Å². The van der Waals surface area contributed by atoms with E-state index in [1.807, 2.05) is 26.0 Å². The van der Waals surface area contributed by atoms with Gasteiger partial charge in [0.2, 0.25) is 0 Å². The van der Waals surface area contributed by atoms with Gasteiger partial charge < -0.3 is 11.6 Å². The highest BCUT2D eigenvalue weighted by molar-refractivity contribution is 6.04. The molecule has 0 rings (SSSR count). The monoisotopic (exact) mass is 179 g/mol. The lowest BCUT2D eigenvalue weighted by Crippen LogP contribution is -2.18. The molecule has 0 aliphatic rings. The van der Waals surface area contributed by atoms with Gasteiger partial charge in [-0.05, 0) is 19.4 Å². The molecule has 0 saturated heterocycles. The van der Waals surface area contributed by atoms with Crippen molar-refractivity contribution < 1.29 is 0 Å². The Morgan fingerprint density at radius 1 is 1.46 bits per heavy atom. The van der Waals surface area contributed by atoms with E-state index >= 15 is 0 Å². The Labute approximate surface area is 79.5 Å². The molecule has 0 atom stereocenters. The molecule has 72 valence electrons. The minimum absolute atomic E-state index is 0.346. The van der Waals surface area contributed by atoms with Crippen molar-refractivity contribution in [3.05, 3.63) is 36.0 Å². The van der Waals surface area contributed by atoms with Gasteiger partial charge in [0.25, 0.3) is 0 Å². The summed E-state index contributed by atoms with van der Waals surface area (Å²) in [4.78, 5) is 0. The average Bonchev–Trinajstić information content (AvgIpc) is 2.11. The summed E-state index contributed by atoms with van der Waals surface area (Å²) in [6.07, 6.45) is 5.44. The lowest BCUT2D eigenvalue weighted by molar-refractivity contribution is 1.18. The number of hydrazone groups is 1. The Kier molecular flexibility index (Phi) is 5.55. The standard InChI is InChI=1S/C10H17N3/c1-4-5-6-9(8(2)3)10(7-11)13-12/h4-6H,1,7,11-12H2,2-3H3/b6-5-,13-10-. The highest BCUT2D eigenvalue weighted by atomic mass is 15.1. The van der Waals surface area contributed by atoms with Crippen molar-refractivity contribution >= 4 is 5.71 Å². The largest absolute Gasteiger partial charge is 0.325 e. The fourth-order valence-corrected chi connectivity index (χ4v) is 0.948. The molecule has 3 nitrogen and oxygen atoms in total. The molecule has 3 heteroatoms. The summed E-state index contributed by atoms with van der Waals surface area (Å²) in [6, 6.07) is 0. The quantitative estimate of drug-likeness (QED) is 0.296. The third-order valence-corrected chi connectivity index (χ3v) is 1.60. The van der Waals surface area contributed by atoms with Gasteiger partial charge in [0, 0.05) is 6.54 Å². The molecular formula is C10H17N3. The minimum atomic E-state index is 0.346. The van der Waals surface area contributed by atoms with Crippen LogP contribution in [0.15, 0.2) is 41.1 Å². The van der Waals surface area contributed by atoms with Crippen LogP contribution in [0.25, 0.3) is 0 Å². The Morgan fingerprint density at radius 2 is 2.08 bits per heavy atom. The van der Waals surface area contributed by atoms with Gasteiger partial charge in [-0.25, -0.2) is 0 Å². The smallest absolute Gasteiger partial charge is 0.0807 e. The van der Waals surface area contributed by atoms with Crippen molar-refractivity contribution in [2.24, 2.45) is 16.7 Å². The fourth-order valence-electron chi connectivity index (χ4n) is 0.948. The summed E-state index contributed by atoms with van der Waals surface area (Å²) in [5.41, 5.74) is 8.30. The zero-order valence-corrected chi connectivity index (χ0v) is 8.25. The van der Waals surface area contributed by atoms with Crippen LogP contribution in [-0.4, -0.2) is 12.3 Å². The van der Waals surface area contributed by atoms with Crippen LogP contribution in [0.1, 0.15) is 13.8 Å². The van der Waals surface area contributed by atoms with Gasteiger partial charge in [-0.3, -0.25) is 0 Å². The minimum Gasteiger partial charge on any atom is -0.325 e. The van der Waals surface area contributed by atoms with Crippen LogP contribution in [-0.2, 0) is 0 Å². The molecule has 0 unspecified atom stereocenters. The molecule has 4 N–H and O–H groups in total. The van der Waals surface area contributed by atoms with Crippen LogP contribution >= 0.6 is 0 Å². The van der Waals surface area contributed by atoms with Crippen molar-refractivity contribution in [3.63, 3.8) is 0 Å². The maximum atomic E-state index is 5.49. The molecule has 0 radical (unpaired) electrons. The van der Waals surface area contributed by atoms with Crippen molar-refractivity contribution in [3.8, 4) is 0 Å². The van der Waals surface area contributed by atoms with Crippen LogP contribution in [0.3, 0.4) is 0 Å². The van der Waals surface area contributed by atoms with E-state index in [1.165, 1.54) is 0 Å².